The van der Waals surface area contributed by atoms with Crippen LogP contribution >= 0.6 is 0 Å². The molecular weight excluding hydrogens is 508 g/mol. The van der Waals surface area contributed by atoms with E-state index in [1.165, 1.54) is 29.5 Å². The van der Waals surface area contributed by atoms with Crippen molar-refractivity contribution in [3.05, 3.63) is 96.3 Å². The van der Waals surface area contributed by atoms with Crippen LogP contribution in [-0.2, 0) is 0 Å². The summed E-state index contributed by atoms with van der Waals surface area (Å²) in [7, 11) is 1.60. The van der Waals surface area contributed by atoms with E-state index < -0.39 is 6.16 Å². The maximum absolute atomic E-state index is 8.56. The first-order valence-corrected chi connectivity index (χ1v) is 12.7. The molecule has 1 fully saturated rings. The van der Waals surface area contributed by atoms with Gasteiger partial charge in [-0.15, -0.1) is 0 Å². The quantitative estimate of drug-likeness (QED) is 0.192. The second-order valence-corrected chi connectivity index (χ2v) is 9.35. The molecule has 0 atom stereocenters. The Kier molecular flexibility index (Phi) is 7.72. The van der Waals surface area contributed by atoms with Gasteiger partial charge >= 0.3 is 6.16 Å². The van der Waals surface area contributed by atoms with E-state index in [0.29, 0.717) is 17.5 Å². The molecule has 0 amide bonds. The molecule has 0 spiro atoms. The average Bonchev–Trinajstić information content (AvgIpc) is 3.77. The van der Waals surface area contributed by atoms with E-state index in [-0.39, 0.29) is 0 Å². The Bertz CT molecular complexity index is 1590. The fourth-order valence-electron chi connectivity index (χ4n) is 4.34. The van der Waals surface area contributed by atoms with E-state index in [4.69, 9.17) is 29.3 Å². The highest BCUT2D eigenvalue weighted by atomic mass is 16.6. The third-order valence-corrected chi connectivity index (χ3v) is 6.55. The zero-order valence-electron chi connectivity index (χ0n) is 22.0. The number of methoxy groups -OCH3 is 1. The molecule has 3 N–H and O–H groups in total. The van der Waals surface area contributed by atoms with Gasteiger partial charge in [0.2, 0.25) is 5.88 Å². The normalized spacial score (nSPS) is 12.2. The van der Waals surface area contributed by atoms with Gasteiger partial charge in [0, 0.05) is 23.4 Å². The minimum absolute atomic E-state index is 0.569. The molecule has 0 bridgehead atoms. The van der Waals surface area contributed by atoms with Gasteiger partial charge in [0.15, 0.2) is 5.76 Å². The van der Waals surface area contributed by atoms with Crippen molar-refractivity contribution >= 4 is 17.7 Å². The number of aromatic nitrogens is 3. The molecule has 0 aliphatic heterocycles. The number of carboxylic acid groups (broad SMARTS) is 2. The molecule has 9 heteroatoms. The van der Waals surface area contributed by atoms with Crippen molar-refractivity contribution in [1.82, 2.24) is 15.1 Å². The molecule has 9 nitrogen and oxygen atoms in total. The number of hydrogen-bond donors (Lipinski definition) is 3. The van der Waals surface area contributed by atoms with Gasteiger partial charge in [-0.05, 0) is 60.6 Å². The van der Waals surface area contributed by atoms with E-state index in [1.807, 2.05) is 37.3 Å². The molecule has 0 radical (unpaired) electrons. The van der Waals surface area contributed by atoms with Crippen LogP contribution in [0.4, 0.5) is 16.3 Å². The number of aryl methyl sites for hydroxylation is 1. The Morgan fingerprint density at radius 2 is 1.52 bits per heavy atom. The summed E-state index contributed by atoms with van der Waals surface area (Å²) in [5.74, 6) is 2.72. The largest absolute Gasteiger partial charge is 0.503 e. The molecule has 0 unspecified atom stereocenters. The number of nitrogens with one attached hydrogen (secondary N) is 1. The Morgan fingerprint density at radius 3 is 2.12 bits per heavy atom. The molecule has 3 heterocycles. The van der Waals surface area contributed by atoms with E-state index in [9.17, 15) is 0 Å². The molecule has 1 aliphatic carbocycles. The average molecular weight is 537 g/mol. The van der Waals surface area contributed by atoms with Crippen LogP contribution in [0.2, 0.25) is 0 Å². The van der Waals surface area contributed by atoms with Gasteiger partial charge in [0.05, 0.1) is 12.8 Å². The van der Waals surface area contributed by atoms with Crippen LogP contribution in [0.1, 0.15) is 30.0 Å². The van der Waals surface area contributed by atoms with Crippen LogP contribution in [-0.4, -0.2) is 38.6 Å². The number of nitrogens with zero attached hydrogens (tertiary/aromatic N) is 3. The number of carbonyl (C=O) groups is 1. The molecule has 2 aromatic carbocycles. The summed E-state index contributed by atoms with van der Waals surface area (Å²) in [6, 6.07) is 26.9. The van der Waals surface area contributed by atoms with Gasteiger partial charge in [-0.1, -0.05) is 59.8 Å². The maximum atomic E-state index is 8.56. The smallest absolute Gasteiger partial charge is 0.481 e. The summed E-state index contributed by atoms with van der Waals surface area (Å²) in [6.07, 6.45) is 2.56. The third-order valence-electron chi connectivity index (χ3n) is 6.55. The summed E-state index contributed by atoms with van der Waals surface area (Å²) in [5.41, 5.74) is 8.07. The third kappa shape index (κ3) is 6.27. The second kappa shape index (κ2) is 11.7. The lowest BCUT2D eigenvalue weighted by Gasteiger charge is -2.09. The molecule has 0 saturated heterocycles. The van der Waals surface area contributed by atoms with Gasteiger partial charge in [-0.3, -0.25) is 0 Å². The molecule has 202 valence electrons. The summed E-state index contributed by atoms with van der Waals surface area (Å²) in [6.45, 7) is 1.92. The first kappa shape index (κ1) is 26.4. The summed E-state index contributed by atoms with van der Waals surface area (Å²) >= 11 is 0. The van der Waals surface area contributed by atoms with Crippen LogP contribution in [0, 0.1) is 6.92 Å². The number of ether oxygens (including phenoxy) is 1. The standard InChI is InChI=1S/C30H26N4O2.CH2O3/c1-19-29(33-27-5-3-4-26(32-27)25-16-17-28(35-2)31-18-25)30(36-34-19)24-14-12-23(13-15-24)22-10-8-21(9-11-22)20-6-7-20;2-1(3)4/h3-5,8-18,20H,6-7H2,1-2H3,(H,32,33);(H2,2,3,4). The number of anilines is 2. The Hall–Kier alpha value is -5.18. The summed E-state index contributed by atoms with van der Waals surface area (Å²) in [5, 5.41) is 21.6. The van der Waals surface area contributed by atoms with Gasteiger partial charge in [0.1, 0.15) is 17.2 Å². The minimum Gasteiger partial charge on any atom is -0.481 e. The van der Waals surface area contributed by atoms with Crippen molar-refractivity contribution in [2.24, 2.45) is 0 Å². The van der Waals surface area contributed by atoms with Gasteiger partial charge in [-0.25, -0.2) is 14.8 Å². The Labute approximate surface area is 231 Å². The van der Waals surface area contributed by atoms with E-state index in [0.717, 1.165) is 34.1 Å². The highest BCUT2D eigenvalue weighted by molar-refractivity contribution is 5.79. The van der Waals surface area contributed by atoms with Crippen molar-refractivity contribution < 1.29 is 24.3 Å². The minimum atomic E-state index is -1.83. The predicted octanol–water partition coefficient (Wildman–Crippen LogP) is 7.63. The van der Waals surface area contributed by atoms with Crippen molar-refractivity contribution in [3.8, 4) is 39.6 Å². The topological polar surface area (TPSA) is 131 Å². The van der Waals surface area contributed by atoms with E-state index in [2.05, 4.69) is 64.0 Å². The molecule has 1 aliphatic rings. The van der Waals surface area contributed by atoms with Crippen molar-refractivity contribution in [2.45, 2.75) is 25.7 Å². The molecule has 6 rings (SSSR count). The number of benzene rings is 2. The van der Waals surface area contributed by atoms with Crippen molar-refractivity contribution in [2.75, 3.05) is 12.4 Å². The monoisotopic (exact) mass is 536 g/mol. The lowest BCUT2D eigenvalue weighted by molar-refractivity contribution is 0.137. The highest BCUT2D eigenvalue weighted by Crippen LogP contribution is 2.40. The van der Waals surface area contributed by atoms with Crippen molar-refractivity contribution in [3.63, 3.8) is 0 Å². The summed E-state index contributed by atoms with van der Waals surface area (Å²) in [4.78, 5) is 17.6. The molecule has 1 saturated carbocycles. The van der Waals surface area contributed by atoms with Crippen LogP contribution in [0.25, 0.3) is 33.7 Å². The SMILES string of the molecule is COc1ccc(-c2cccc(Nc3c(C)noc3-c3ccc(-c4ccc(C5CC5)cc4)cc3)n2)cn1.O=C(O)O. The zero-order chi connectivity index (χ0) is 28.1. The number of rotatable bonds is 7. The van der Waals surface area contributed by atoms with Crippen LogP contribution < -0.4 is 10.1 Å². The molecule has 3 aromatic heterocycles. The number of pyridine rings is 2. The maximum Gasteiger partial charge on any atom is 0.503 e. The van der Waals surface area contributed by atoms with Gasteiger partial charge < -0.3 is 24.8 Å². The second-order valence-electron chi connectivity index (χ2n) is 9.35. The first-order chi connectivity index (χ1) is 19.4. The Balaban J connectivity index is 0.000000758. The highest BCUT2D eigenvalue weighted by Gasteiger charge is 2.23. The van der Waals surface area contributed by atoms with Crippen LogP contribution in [0.15, 0.2) is 89.6 Å². The zero-order valence-corrected chi connectivity index (χ0v) is 22.0. The predicted molar refractivity (Wildman–Crippen MR) is 152 cm³/mol. The molecule has 5 aromatic rings. The fraction of sp³-hybridized carbons (Fsp3) is 0.161. The van der Waals surface area contributed by atoms with Crippen LogP contribution in [0.5, 0.6) is 5.88 Å². The lowest BCUT2D eigenvalue weighted by Crippen LogP contribution is -1.97. The lowest BCUT2D eigenvalue weighted by atomic mass is 10.0. The molecule has 40 heavy (non-hydrogen) atoms. The fourth-order valence-corrected chi connectivity index (χ4v) is 4.34. The van der Waals surface area contributed by atoms with E-state index >= 15 is 0 Å². The Morgan fingerprint density at radius 1 is 0.900 bits per heavy atom. The van der Waals surface area contributed by atoms with Crippen molar-refractivity contribution in [1.29, 1.82) is 0 Å². The van der Waals surface area contributed by atoms with Gasteiger partial charge in [0.25, 0.3) is 0 Å². The summed E-state index contributed by atoms with van der Waals surface area (Å²) < 4.78 is 10.9. The van der Waals surface area contributed by atoms with E-state index in [1.54, 1.807) is 13.3 Å². The molecular formula is C31H28N4O5. The first-order valence-electron chi connectivity index (χ1n) is 12.7. The van der Waals surface area contributed by atoms with Crippen LogP contribution in [0.3, 0.4) is 0 Å². The van der Waals surface area contributed by atoms with Gasteiger partial charge in [-0.2, -0.15) is 0 Å². The number of hydrogen-bond acceptors (Lipinski definition) is 7.